The van der Waals surface area contributed by atoms with E-state index < -0.39 is 0 Å². The molecule has 1 aliphatic rings. The minimum atomic E-state index is 0.524. The molecule has 5 heteroatoms. The van der Waals surface area contributed by atoms with Crippen molar-refractivity contribution < 1.29 is 0 Å². The van der Waals surface area contributed by atoms with Crippen molar-refractivity contribution >= 4 is 21.9 Å². The van der Waals surface area contributed by atoms with Gasteiger partial charge in [0, 0.05) is 35.1 Å². The zero-order valence-electron chi connectivity index (χ0n) is 9.85. The Morgan fingerprint density at radius 2 is 2.22 bits per heavy atom. The van der Waals surface area contributed by atoms with Crippen molar-refractivity contribution in [3.05, 3.63) is 30.5 Å². The van der Waals surface area contributed by atoms with Crippen molar-refractivity contribution in [2.24, 2.45) is 0 Å². The molecule has 18 heavy (non-hydrogen) atoms. The summed E-state index contributed by atoms with van der Waals surface area (Å²) in [6, 6.07) is 2.02. The molecule has 1 atom stereocenters. The summed E-state index contributed by atoms with van der Waals surface area (Å²) in [5.41, 5.74) is 3.00. The average Bonchev–Trinajstić information content (AvgIpc) is 3.09. The van der Waals surface area contributed by atoms with E-state index >= 15 is 0 Å². The number of pyridine rings is 1. The normalized spacial score (nSPS) is 19.9. The van der Waals surface area contributed by atoms with Crippen molar-refractivity contribution in [2.75, 3.05) is 13.1 Å². The fourth-order valence-electron chi connectivity index (χ4n) is 2.80. The molecule has 3 aromatic heterocycles. The Balaban J connectivity index is 2.08. The van der Waals surface area contributed by atoms with Crippen LogP contribution in [0.5, 0.6) is 0 Å². The van der Waals surface area contributed by atoms with Crippen LogP contribution in [0.1, 0.15) is 18.0 Å². The average molecular weight is 239 g/mol. The maximum absolute atomic E-state index is 4.38. The SMILES string of the molecule is c1cc2c(n1)ncc1nc[nH]c([C@@H]3CCNC3)c12. The van der Waals surface area contributed by atoms with Crippen molar-refractivity contribution in [1.29, 1.82) is 0 Å². The van der Waals surface area contributed by atoms with Gasteiger partial charge in [-0.2, -0.15) is 0 Å². The van der Waals surface area contributed by atoms with Gasteiger partial charge in [0.1, 0.15) is 0 Å². The second-order valence-electron chi connectivity index (χ2n) is 4.71. The number of aromatic nitrogens is 4. The molecule has 2 N–H and O–H groups in total. The summed E-state index contributed by atoms with van der Waals surface area (Å²) in [6.45, 7) is 2.10. The Bertz CT molecular complexity index is 712. The first-order valence-electron chi connectivity index (χ1n) is 6.21. The lowest BCUT2D eigenvalue weighted by Crippen LogP contribution is -2.09. The standard InChI is InChI=1S/C13H13N5/c1-3-14-5-8(1)12-11-9-2-4-15-13(9)16-6-10(11)17-7-18-12/h2,4,6-8,14H,1,3,5H2,(H,17,18)/t8-/m1/s1. The van der Waals surface area contributed by atoms with E-state index in [1.165, 1.54) is 11.1 Å². The quantitative estimate of drug-likeness (QED) is 0.676. The van der Waals surface area contributed by atoms with E-state index in [2.05, 4.69) is 25.3 Å². The third-order valence-electron chi connectivity index (χ3n) is 3.68. The molecular formula is C13H13N5. The molecular weight excluding hydrogens is 226 g/mol. The second kappa shape index (κ2) is 3.74. The van der Waals surface area contributed by atoms with Crippen molar-refractivity contribution in [1.82, 2.24) is 25.3 Å². The van der Waals surface area contributed by atoms with E-state index in [1.54, 1.807) is 12.5 Å². The Kier molecular flexibility index (Phi) is 2.07. The van der Waals surface area contributed by atoms with Gasteiger partial charge in [-0.1, -0.05) is 0 Å². The van der Waals surface area contributed by atoms with E-state index in [9.17, 15) is 0 Å². The van der Waals surface area contributed by atoms with Gasteiger partial charge >= 0.3 is 0 Å². The smallest absolute Gasteiger partial charge is 0.159 e. The van der Waals surface area contributed by atoms with Gasteiger partial charge in [0.05, 0.1) is 18.0 Å². The molecule has 1 saturated heterocycles. The molecule has 4 heterocycles. The predicted molar refractivity (Wildman–Crippen MR) is 69.4 cm³/mol. The van der Waals surface area contributed by atoms with Crippen molar-refractivity contribution in [3.8, 4) is 0 Å². The summed E-state index contributed by atoms with van der Waals surface area (Å²) >= 11 is 0. The summed E-state index contributed by atoms with van der Waals surface area (Å²) in [5, 5.41) is 5.68. The maximum Gasteiger partial charge on any atom is 0.159 e. The van der Waals surface area contributed by atoms with Gasteiger partial charge in [0.2, 0.25) is 0 Å². The van der Waals surface area contributed by atoms with Gasteiger partial charge < -0.3 is 10.3 Å². The van der Waals surface area contributed by atoms with Crippen LogP contribution in [0.4, 0.5) is 0 Å². The first-order valence-corrected chi connectivity index (χ1v) is 6.21. The fraction of sp³-hybridized carbons (Fsp3) is 0.308. The first-order chi connectivity index (χ1) is 8.93. The fourth-order valence-corrected chi connectivity index (χ4v) is 2.80. The molecule has 0 aromatic carbocycles. The van der Waals surface area contributed by atoms with E-state index in [0.29, 0.717) is 5.92 Å². The lowest BCUT2D eigenvalue weighted by molar-refractivity contribution is 0.740. The molecule has 3 aromatic rings. The van der Waals surface area contributed by atoms with Crippen LogP contribution >= 0.6 is 0 Å². The van der Waals surface area contributed by atoms with Crippen molar-refractivity contribution in [2.45, 2.75) is 12.3 Å². The second-order valence-corrected chi connectivity index (χ2v) is 4.71. The van der Waals surface area contributed by atoms with Crippen LogP contribution in [-0.4, -0.2) is 33.0 Å². The number of hydrogen-bond donors (Lipinski definition) is 2. The number of rotatable bonds is 1. The Labute approximate surface area is 104 Å². The summed E-state index contributed by atoms with van der Waals surface area (Å²) in [5.74, 6) is 0.524. The molecule has 0 unspecified atom stereocenters. The summed E-state index contributed by atoms with van der Waals surface area (Å²) in [7, 11) is 0. The molecule has 0 bridgehead atoms. The molecule has 0 saturated carbocycles. The first kappa shape index (κ1) is 9.96. The number of aromatic amines is 1. The number of hydrogen-bond acceptors (Lipinski definition) is 4. The van der Waals surface area contributed by atoms with Crippen LogP contribution < -0.4 is 5.32 Å². The third kappa shape index (κ3) is 1.34. The van der Waals surface area contributed by atoms with Crippen LogP contribution in [0, 0.1) is 0 Å². The number of nitrogens with one attached hydrogen (secondary N) is 2. The van der Waals surface area contributed by atoms with Gasteiger partial charge in [0.15, 0.2) is 5.65 Å². The van der Waals surface area contributed by atoms with Gasteiger partial charge in [-0.3, -0.25) is 0 Å². The Morgan fingerprint density at radius 1 is 1.22 bits per heavy atom. The predicted octanol–water partition coefficient (Wildman–Crippen LogP) is 1.58. The number of fused-ring (bicyclic) bond motifs is 3. The van der Waals surface area contributed by atoms with Gasteiger partial charge in [-0.25, -0.2) is 15.0 Å². The monoisotopic (exact) mass is 239 g/mol. The van der Waals surface area contributed by atoms with Crippen LogP contribution in [0.3, 0.4) is 0 Å². The molecule has 0 radical (unpaired) electrons. The van der Waals surface area contributed by atoms with Crippen LogP contribution in [-0.2, 0) is 0 Å². The molecule has 4 rings (SSSR count). The zero-order valence-corrected chi connectivity index (χ0v) is 9.85. The minimum Gasteiger partial charge on any atom is -0.349 e. The molecule has 1 aliphatic heterocycles. The Hall–Kier alpha value is -2.01. The van der Waals surface area contributed by atoms with Gasteiger partial charge in [-0.15, -0.1) is 0 Å². The highest BCUT2D eigenvalue weighted by molar-refractivity contribution is 6.04. The third-order valence-corrected chi connectivity index (χ3v) is 3.68. The lowest BCUT2D eigenvalue weighted by atomic mass is 9.99. The molecule has 0 spiro atoms. The lowest BCUT2D eigenvalue weighted by Gasteiger charge is -2.12. The molecule has 0 amide bonds. The highest BCUT2D eigenvalue weighted by Gasteiger charge is 2.21. The highest BCUT2D eigenvalue weighted by Crippen LogP contribution is 2.30. The van der Waals surface area contributed by atoms with E-state index in [4.69, 9.17) is 0 Å². The van der Waals surface area contributed by atoms with Crippen LogP contribution in [0.25, 0.3) is 21.9 Å². The molecule has 90 valence electrons. The largest absolute Gasteiger partial charge is 0.349 e. The number of nitrogens with zero attached hydrogens (tertiary/aromatic N) is 3. The summed E-state index contributed by atoms with van der Waals surface area (Å²) in [6.07, 6.45) is 6.54. The van der Waals surface area contributed by atoms with Crippen molar-refractivity contribution in [3.63, 3.8) is 0 Å². The van der Waals surface area contributed by atoms with Crippen LogP contribution in [0.2, 0.25) is 0 Å². The van der Waals surface area contributed by atoms with E-state index in [-0.39, 0.29) is 0 Å². The Morgan fingerprint density at radius 3 is 3.11 bits per heavy atom. The van der Waals surface area contributed by atoms with Gasteiger partial charge in [-0.05, 0) is 19.0 Å². The summed E-state index contributed by atoms with van der Waals surface area (Å²) in [4.78, 5) is 16.3. The molecule has 0 aliphatic carbocycles. The summed E-state index contributed by atoms with van der Waals surface area (Å²) < 4.78 is 0. The molecule has 1 fully saturated rings. The highest BCUT2D eigenvalue weighted by atomic mass is 14.9. The maximum atomic E-state index is 4.38. The topological polar surface area (TPSA) is 66.5 Å². The minimum absolute atomic E-state index is 0.524. The van der Waals surface area contributed by atoms with E-state index in [1.807, 2.05) is 12.3 Å². The van der Waals surface area contributed by atoms with Crippen LogP contribution in [0.15, 0.2) is 24.8 Å². The zero-order chi connectivity index (χ0) is 11.9. The molecule has 5 nitrogen and oxygen atoms in total. The van der Waals surface area contributed by atoms with E-state index in [0.717, 1.165) is 36.1 Å². The number of H-pyrrole nitrogens is 1. The van der Waals surface area contributed by atoms with Gasteiger partial charge in [0.25, 0.3) is 0 Å².